The first kappa shape index (κ1) is 18.7. The van der Waals surface area contributed by atoms with Crippen molar-refractivity contribution in [2.45, 2.75) is 61.1 Å². The molecule has 7 heteroatoms. The average Bonchev–Trinajstić information content (AvgIpc) is 2.56. The molecule has 0 aromatic heterocycles. The first-order chi connectivity index (χ1) is 12.8. The highest BCUT2D eigenvalue weighted by molar-refractivity contribution is 8.00. The van der Waals surface area contributed by atoms with Crippen molar-refractivity contribution in [3.63, 3.8) is 0 Å². The third-order valence-electron chi connectivity index (χ3n) is 6.23. The van der Waals surface area contributed by atoms with Gasteiger partial charge in [0.1, 0.15) is 0 Å². The van der Waals surface area contributed by atoms with Crippen LogP contribution >= 0.6 is 11.8 Å². The van der Waals surface area contributed by atoms with Gasteiger partial charge in [-0.25, -0.2) is 13.6 Å². The number of amides is 3. The zero-order valence-electron chi connectivity index (χ0n) is 15.3. The maximum absolute atomic E-state index is 13.3. The number of nitrogens with one attached hydrogen (secondary N) is 2. The van der Waals surface area contributed by atoms with E-state index >= 15 is 0 Å². The molecule has 1 aromatic carbocycles. The summed E-state index contributed by atoms with van der Waals surface area (Å²) in [6.07, 6.45) is 6.88. The molecule has 0 aliphatic heterocycles. The van der Waals surface area contributed by atoms with Crippen LogP contribution in [0.3, 0.4) is 0 Å². The molecule has 1 atom stereocenters. The maximum atomic E-state index is 13.3. The summed E-state index contributed by atoms with van der Waals surface area (Å²) in [5.41, 5.74) is -0.157. The summed E-state index contributed by atoms with van der Waals surface area (Å²) in [7, 11) is 0. The number of benzene rings is 1. The molecule has 4 fully saturated rings. The van der Waals surface area contributed by atoms with Gasteiger partial charge in [0, 0.05) is 10.4 Å². The molecule has 146 valence electrons. The van der Waals surface area contributed by atoms with Gasteiger partial charge in [0.05, 0.1) is 5.25 Å². The molecule has 3 amide bonds. The molecule has 5 rings (SSSR count). The number of urea groups is 1. The number of imide groups is 1. The number of thioether (sulfide) groups is 1. The summed E-state index contributed by atoms with van der Waals surface area (Å²) in [5.74, 6) is -0.203. The van der Waals surface area contributed by atoms with Gasteiger partial charge in [-0.1, -0.05) is 0 Å². The van der Waals surface area contributed by atoms with Crippen molar-refractivity contribution in [2.75, 3.05) is 0 Å². The highest BCUT2D eigenvalue weighted by atomic mass is 32.2. The second-order valence-corrected chi connectivity index (χ2v) is 9.89. The van der Waals surface area contributed by atoms with E-state index in [1.54, 1.807) is 6.92 Å². The van der Waals surface area contributed by atoms with Gasteiger partial charge < -0.3 is 5.32 Å². The number of rotatable bonds is 4. The molecule has 0 saturated heterocycles. The molecule has 0 unspecified atom stereocenters. The summed E-state index contributed by atoms with van der Waals surface area (Å²) in [6, 6.07) is 3.06. The maximum Gasteiger partial charge on any atom is 0.321 e. The van der Waals surface area contributed by atoms with Crippen LogP contribution in [0.4, 0.5) is 13.6 Å². The van der Waals surface area contributed by atoms with Crippen molar-refractivity contribution in [2.24, 2.45) is 17.8 Å². The molecule has 4 nitrogen and oxygen atoms in total. The Morgan fingerprint density at radius 1 is 1.07 bits per heavy atom. The SMILES string of the molecule is C[C@H](Sc1ccc(F)c(F)c1)C(=O)NC(=O)NC12CC3CC(CC(C3)C1)C2. The fourth-order valence-electron chi connectivity index (χ4n) is 5.56. The normalized spacial score (nSPS) is 32.2. The average molecular weight is 394 g/mol. The van der Waals surface area contributed by atoms with E-state index in [-0.39, 0.29) is 5.54 Å². The van der Waals surface area contributed by atoms with E-state index < -0.39 is 28.8 Å². The molecule has 27 heavy (non-hydrogen) atoms. The van der Waals surface area contributed by atoms with Crippen LogP contribution < -0.4 is 10.6 Å². The van der Waals surface area contributed by atoms with Crippen molar-refractivity contribution >= 4 is 23.7 Å². The summed E-state index contributed by atoms with van der Waals surface area (Å²) in [5, 5.41) is 4.92. The zero-order chi connectivity index (χ0) is 19.2. The molecule has 0 spiro atoms. The van der Waals surface area contributed by atoms with Gasteiger partial charge in [0.25, 0.3) is 0 Å². The Morgan fingerprint density at radius 3 is 2.22 bits per heavy atom. The van der Waals surface area contributed by atoms with E-state index in [2.05, 4.69) is 10.6 Å². The van der Waals surface area contributed by atoms with Gasteiger partial charge in [-0.15, -0.1) is 11.8 Å². The Labute approximate surface area is 161 Å². The molecule has 4 aliphatic rings. The van der Waals surface area contributed by atoms with Gasteiger partial charge in [0.15, 0.2) is 11.6 Å². The Hall–Kier alpha value is -1.63. The molecule has 0 heterocycles. The standard InChI is InChI=1S/C20H24F2N2O2S/c1-11(27-15-2-3-16(21)17(22)7-15)18(25)23-19(26)24-20-8-12-4-13(9-20)6-14(5-12)10-20/h2-3,7,11-14H,4-6,8-10H2,1H3,(H2,23,24,25,26)/t11-,12?,13?,14?,20?/m0/s1. The number of hydrogen-bond donors (Lipinski definition) is 2. The van der Waals surface area contributed by atoms with Crippen LogP contribution in [0.25, 0.3) is 0 Å². The lowest BCUT2D eigenvalue weighted by atomic mass is 9.53. The molecule has 1 aromatic rings. The van der Waals surface area contributed by atoms with Crippen molar-refractivity contribution in [1.82, 2.24) is 10.6 Å². The monoisotopic (exact) mass is 394 g/mol. The highest BCUT2D eigenvalue weighted by Crippen LogP contribution is 2.55. The topological polar surface area (TPSA) is 58.2 Å². The largest absolute Gasteiger partial charge is 0.332 e. The molecule has 4 aliphatic carbocycles. The van der Waals surface area contributed by atoms with E-state index in [9.17, 15) is 18.4 Å². The number of carbonyl (C=O) groups is 2. The lowest BCUT2D eigenvalue weighted by Crippen LogP contribution is -2.62. The highest BCUT2D eigenvalue weighted by Gasteiger charge is 2.51. The third kappa shape index (κ3) is 3.98. The van der Waals surface area contributed by atoms with Crippen molar-refractivity contribution in [3.05, 3.63) is 29.8 Å². The quantitative estimate of drug-likeness (QED) is 0.751. The summed E-state index contributed by atoms with van der Waals surface area (Å²) >= 11 is 1.09. The zero-order valence-corrected chi connectivity index (χ0v) is 16.1. The minimum Gasteiger partial charge on any atom is -0.332 e. The van der Waals surface area contributed by atoms with Crippen molar-refractivity contribution < 1.29 is 18.4 Å². The van der Waals surface area contributed by atoms with E-state index in [4.69, 9.17) is 0 Å². The van der Waals surface area contributed by atoms with Crippen LogP contribution in [0.5, 0.6) is 0 Å². The van der Waals surface area contributed by atoms with Crippen LogP contribution in [0.15, 0.2) is 23.1 Å². The number of carbonyl (C=O) groups excluding carboxylic acids is 2. The van der Waals surface area contributed by atoms with Gasteiger partial charge in [0.2, 0.25) is 5.91 Å². The van der Waals surface area contributed by atoms with E-state index in [1.165, 1.54) is 25.3 Å². The second kappa shape index (κ2) is 7.08. The van der Waals surface area contributed by atoms with E-state index in [0.717, 1.165) is 43.2 Å². The Kier molecular flexibility index (Phi) is 4.91. The van der Waals surface area contributed by atoms with Crippen molar-refractivity contribution in [3.8, 4) is 0 Å². The smallest absolute Gasteiger partial charge is 0.321 e. The third-order valence-corrected chi connectivity index (χ3v) is 7.32. The number of halogens is 2. The van der Waals surface area contributed by atoms with Crippen LogP contribution in [0.1, 0.15) is 45.4 Å². The van der Waals surface area contributed by atoms with Gasteiger partial charge in [-0.05, 0) is 81.4 Å². The fraction of sp³-hybridized carbons (Fsp3) is 0.600. The van der Waals surface area contributed by atoms with Gasteiger partial charge in [-0.3, -0.25) is 10.1 Å². The predicted octanol–water partition coefficient (Wildman–Crippen LogP) is 4.24. The Morgan fingerprint density at radius 2 is 1.67 bits per heavy atom. The minimum atomic E-state index is -0.952. The van der Waals surface area contributed by atoms with Gasteiger partial charge in [-0.2, -0.15) is 0 Å². The minimum absolute atomic E-state index is 0.157. The van der Waals surface area contributed by atoms with Crippen LogP contribution in [-0.2, 0) is 4.79 Å². The Balaban J connectivity index is 1.32. The lowest BCUT2D eigenvalue weighted by Gasteiger charge is -2.56. The van der Waals surface area contributed by atoms with Crippen LogP contribution in [-0.4, -0.2) is 22.7 Å². The summed E-state index contributed by atoms with van der Waals surface area (Å²) in [4.78, 5) is 25.2. The van der Waals surface area contributed by atoms with Crippen molar-refractivity contribution in [1.29, 1.82) is 0 Å². The summed E-state index contributed by atoms with van der Waals surface area (Å²) < 4.78 is 26.3. The fourth-order valence-corrected chi connectivity index (χ4v) is 6.45. The Bertz CT molecular complexity index is 735. The molecular formula is C20H24F2N2O2S. The first-order valence-corrected chi connectivity index (χ1v) is 10.4. The first-order valence-electron chi connectivity index (χ1n) is 9.56. The predicted molar refractivity (Wildman–Crippen MR) is 99.3 cm³/mol. The van der Waals surface area contributed by atoms with E-state index in [1.807, 2.05) is 0 Å². The molecular weight excluding hydrogens is 370 g/mol. The van der Waals surface area contributed by atoms with Crippen LogP contribution in [0, 0.1) is 29.4 Å². The molecule has 0 radical (unpaired) electrons. The van der Waals surface area contributed by atoms with E-state index in [0.29, 0.717) is 22.6 Å². The molecule has 4 bridgehead atoms. The number of hydrogen-bond acceptors (Lipinski definition) is 3. The summed E-state index contributed by atoms with van der Waals surface area (Å²) in [6.45, 7) is 1.64. The molecule has 4 saturated carbocycles. The second-order valence-electron chi connectivity index (χ2n) is 8.48. The molecule has 2 N–H and O–H groups in total. The lowest BCUT2D eigenvalue weighted by molar-refractivity contribution is -0.119. The van der Waals surface area contributed by atoms with Gasteiger partial charge >= 0.3 is 6.03 Å². The van der Waals surface area contributed by atoms with Crippen LogP contribution in [0.2, 0.25) is 0 Å².